The normalized spacial score (nSPS) is 47.3. The third-order valence-corrected chi connectivity index (χ3v) is 7.59. The van der Waals surface area contributed by atoms with E-state index in [9.17, 15) is 25.0 Å². The van der Waals surface area contributed by atoms with E-state index < -0.39 is 43.1 Å². The van der Waals surface area contributed by atoms with E-state index in [0.29, 0.717) is 0 Å². The topological polar surface area (TPSA) is 97.7 Å². The van der Waals surface area contributed by atoms with Crippen molar-refractivity contribution in [1.82, 2.24) is 0 Å². The largest absolute Gasteiger partial charge is 0.623 e. The van der Waals surface area contributed by atoms with Crippen molar-refractivity contribution in [2.45, 2.75) is 41.4 Å². The van der Waals surface area contributed by atoms with Gasteiger partial charge in [0.15, 0.2) is 11.3 Å². The number of aliphatic carboxylic acids is 1. The number of aliphatic hydroxyl groups is 1. The monoisotopic (exact) mass is 339 g/mol. The van der Waals surface area contributed by atoms with Crippen LogP contribution in [-0.2, 0) is 9.59 Å². The first-order valence-electron chi connectivity index (χ1n) is 5.44. The molecule has 0 aromatic carbocycles. The lowest BCUT2D eigenvalue weighted by atomic mass is 9.87. The number of hydrogen-bond donors (Lipinski definition) is 2. The fraction of sp³-hybridized carbons (Fsp3) is 0.800. The molecule has 0 bridgehead atoms. The number of rotatable bonds is 2. The molecule has 2 saturated heterocycles. The molecule has 0 saturated carbocycles. The molecule has 0 radical (unpaired) electrons. The fourth-order valence-electron chi connectivity index (χ4n) is 2.71. The van der Waals surface area contributed by atoms with E-state index in [2.05, 4.69) is 15.9 Å². The van der Waals surface area contributed by atoms with E-state index in [4.69, 9.17) is 0 Å². The summed E-state index contributed by atoms with van der Waals surface area (Å²) in [6.07, 6.45) is -0.949. The summed E-state index contributed by atoms with van der Waals surface area (Å²) < 4.78 is -4.31. The van der Waals surface area contributed by atoms with Crippen molar-refractivity contribution in [1.29, 1.82) is 0 Å². The molecule has 102 valence electrons. The van der Waals surface area contributed by atoms with Crippen molar-refractivity contribution in [3.05, 3.63) is 5.21 Å². The van der Waals surface area contributed by atoms with Crippen LogP contribution in [0.2, 0.25) is 0 Å². The summed E-state index contributed by atoms with van der Waals surface area (Å²) in [4.78, 5) is 23.5. The van der Waals surface area contributed by atoms with Gasteiger partial charge < -0.3 is 15.4 Å². The highest BCUT2D eigenvalue weighted by Crippen LogP contribution is 2.66. The first-order chi connectivity index (χ1) is 8.01. The molecule has 5 atom stereocenters. The van der Waals surface area contributed by atoms with Crippen molar-refractivity contribution in [2.75, 3.05) is 0 Å². The van der Waals surface area contributed by atoms with Crippen molar-refractivity contribution in [3.8, 4) is 0 Å². The van der Waals surface area contributed by atoms with Gasteiger partial charge in [-0.2, -0.15) is 0 Å². The number of hydroxylamine groups is 3. The van der Waals surface area contributed by atoms with Crippen LogP contribution in [0.1, 0.15) is 20.8 Å². The molecule has 1 unspecified atom stereocenters. The van der Waals surface area contributed by atoms with Crippen LogP contribution in [0.25, 0.3) is 0 Å². The van der Waals surface area contributed by atoms with Gasteiger partial charge >= 0.3 is 11.9 Å². The molecule has 2 aliphatic rings. The Morgan fingerprint density at radius 1 is 1.61 bits per heavy atom. The summed E-state index contributed by atoms with van der Waals surface area (Å²) in [6.45, 7) is 4.67. The van der Waals surface area contributed by atoms with Crippen molar-refractivity contribution in [3.63, 3.8) is 0 Å². The molecule has 2 rings (SSSR count). The Bertz CT molecular complexity index is 442. The molecule has 18 heavy (non-hydrogen) atoms. The van der Waals surface area contributed by atoms with E-state index in [0.717, 1.165) is 11.8 Å². The molecule has 2 N–H and O–H groups in total. The standard InChI is InChI=1S/C10H14BrNO5S/c1-4(13)5-6(14)12(17)7(5)18-9(2,3)10(12,11)8(15)16/h4-5,7,13H,1-3H3,(H,15,16)/t4-,5-,7-,10+,12?/m1/s1. The minimum absolute atomic E-state index is 0.771. The number of fused-ring (bicyclic) bond motifs is 1. The van der Waals surface area contributed by atoms with E-state index in [1.807, 2.05) is 0 Å². The number of aliphatic hydroxyl groups excluding tert-OH is 1. The molecular weight excluding hydrogens is 326 g/mol. The number of carbonyl (C=O) groups is 2. The van der Waals surface area contributed by atoms with Gasteiger partial charge in [0.05, 0.1) is 10.9 Å². The minimum atomic E-state index is -1.90. The molecule has 0 spiro atoms. The zero-order valence-corrected chi connectivity index (χ0v) is 12.5. The molecule has 2 heterocycles. The van der Waals surface area contributed by atoms with Crippen LogP contribution in [0, 0.1) is 11.1 Å². The zero-order chi connectivity index (χ0) is 14.1. The summed E-state index contributed by atoms with van der Waals surface area (Å²) in [6, 6.07) is 0. The van der Waals surface area contributed by atoms with Crippen molar-refractivity contribution >= 4 is 39.6 Å². The number of halogens is 1. The van der Waals surface area contributed by atoms with Gasteiger partial charge in [0.25, 0.3) is 4.45 Å². The molecule has 2 aliphatic heterocycles. The van der Waals surface area contributed by atoms with Crippen LogP contribution >= 0.6 is 27.7 Å². The average molecular weight is 340 g/mol. The second-order valence-electron chi connectivity index (χ2n) is 5.21. The van der Waals surface area contributed by atoms with Gasteiger partial charge in [-0.25, -0.2) is 9.59 Å². The highest BCUT2D eigenvalue weighted by Gasteiger charge is 2.82. The maximum atomic E-state index is 12.7. The fourth-order valence-corrected chi connectivity index (χ4v) is 5.41. The van der Waals surface area contributed by atoms with Crippen LogP contribution in [0.15, 0.2) is 0 Å². The third kappa shape index (κ3) is 1.25. The quantitative estimate of drug-likeness (QED) is 0.254. The molecule has 1 amide bonds. The minimum Gasteiger partial charge on any atom is -0.623 e. The zero-order valence-electron chi connectivity index (χ0n) is 10.1. The second kappa shape index (κ2) is 3.69. The Morgan fingerprint density at radius 2 is 2.11 bits per heavy atom. The number of carboxylic acid groups (broad SMARTS) is 1. The number of carboxylic acids is 1. The van der Waals surface area contributed by atoms with Gasteiger partial charge in [-0.1, -0.05) is 11.8 Å². The summed E-state index contributed by atoms with van der Waals surface area (Å²) in [5.41, 5.74) is 0. The molecule has 2 fully saturated rings. The van der Waals surface area contributed by atoms with Gasteiger partial charge in [-0.15, -0.1) is 0 Å². The molecular formula is C10H14BrNO5S. The Kier molecular flexibility index (Phi) is 2.93. The predicted octanol–water partition coefficient (Wildman–Crippen LogP) is 0.865. The lowest BCUT2D eigenvalue weighted by Crippen LogP contribution is -2.79. The maximum absolute atomic E-state index is 12.7. The van der Waals surface area contributed by atoms with E-state index in [-0.39, 0.29) is 0 Å². The number of thioether (sulfide) groups is 1. The van der Waals surface area contributed by atoms with Gasteiger partial charge in [0, 0.05) is 0 Å². The Hall–Kier alpha value is -0.150. The first-order valence-corrected chi connectivity index (χ1v) is 7.11. The highest BCUT2D eigenvalue weighted by molar-refractivity contribution is 9.10. The van der Waals surface area contributed by atoms with Crippen molar-refractivity contribution in [2.24, 2.45) is 5.92 Å². The molecule has 8 heteroatoms. The Morgan fingerprint density at radius 3 is 2.50 bits per heavy atom. The lowest BCUT2D eigenvalue weighted by molar-refractivity contribution is -0.872. The van der Waals surface area contributed by atoms with Gasteiger partial charge in [-0.3, -0.25) is 4.65 Å². The third-order valence-electron chi connectivity index (χ3n) is 3.75. The highest BCUT2D eigenvalue weighted by atomic mass is 79.9. The number of nitrogens with zero attached hydrogens (tertiary/aromatic N) is 1. The van der Waals surface area contributed by atoms with Crippen LogP contribution in [0.5, 0.6) is 0 Å². The number of quaternary nitrogens is 1. The predicted molar refractivity (Wildman–Crippen MR) is 68.6 cm³/mol. The number of hydrogen-bond acceptors (Lipinski definition) is 5. The van der Waals surface area contributed by atoms with Crippen LogP contribution in [0.4, 0.5) is 0 Å². The molecule has 0 aliphatic carbocycles. The number of amides is 1. The van der Waals surface area contributed by atoms with E-state index >= 15 is 0 Å². The van der Waals surface area contributed by atoms with Crippen molar-refractivity contribution < 1.29 is 24.4 Å². The van der Waals surface area contributed by atoms with Crippen LogP contribution < -0.4 is 0 Å². The molecule has 6 nitrogen and oxygen atoms in total. The number of carbonyl (C=O) groups excluding carboxylic acids is 1. The van der Waals surface area contributed by atoms with E-state index in [1.165, 1.54) is 6.92 Å². The van der Waals surface area contributed by atoms with Gasteiger partial charge in [0.2, 0.25) is 0 Å². The average Bonchev–Trinajstić information content (AvgIpc) is 2.36. The number of β-lactam (4-membered cyclic amide) rings is 1. The summed E-state index contributed by atoms with van der Waals surface area (Å²) >= 11 is 4.14. The van der Waals surface area contributed by atoms with Crippen LogP contribution in [-0.4, -0.2) is 47.4 Å². The van der Waals surface area contributed by atoms with E-state index in [1.54, 1.807) is 13.8 Å². The summed E-state index contributed by atoms with van der Waals surface area (Å²) in [7, 11) is 0. The Labute approximate surface area is 117 Å². The maximum Gasteiger partial charge on any atom is 0.379 e. The summed E-state index contributed by atoms with van der Waals surface area (Å²) in [5, 5.41) is 30.8. The Balaban J connectivity index is 2.53. The van der Waals surface area contributed by atoms with Crippen LogP contribution in [0.3, 0.4) is 0 Å². The second-order valence-corrected chi connectivity index (χ2v) is 8.10. The first kappa shape index (κ1) is 14.3. The van der Waals surface area contributed by atoms with Gasteiger partial charge in [-0.05, 0) is 36.7 Å². The molecule has 0 aromatic heterocycles. The smallest absolute Gasteiger partial charge is 0.379 e. The summed E-state index contributed by atoms with van der Waals surface area (Å²) in [5.74, 6) is -2.92. The number of alkyl halides is 1. The molecule has 0 aromatic rings. The lowest BCUT2D eigenvalue weighted by Gasteiger charge is -2.58. The SMILES string of the molecule is C[C@@H](O)[C@@H]1C(=O)[N+]2([O-])[C@@H]1SC(C)(C)[C@]2(Br)C(=O)O. The van der Waals surface area contributed by atoms with Gasteiger partial charge in [0.1, 0.15) is 0 Å².